The van der Waals surface area contributed by atoms with E-state index >= 15 is 0 Å². The van der Waals surface area contributed by atoms with Gasteiger partial charge in [0.05, 0.1) is 7.39 Å². The normalized spacial score (nSPS) is 18.1. The molecule has 1 aromatic rings. The van der Waals surface area contributed by atoms with Gasteiger partial charge in [0.15, 0.2) is 0 Å². The average Bonchev–Trinajstić information content (AvgIpc) is 2.44. The van der Waals surface area contributed by atoms with Crippen molar-refractivity contribution in [3.05, 3.63) is 11.6 Å². The number of rotatable bonds is 1. The van der Waals surface area contributed by atoms with Crippen molar-refractivity contribution in [3.63, 3.8) is 0 Å². The van der Waals surface area contributed by atoms with Crippen LogP contribution >= 0.6 is 0 Å². The summed E-state index contributed by atoms with van der Waals surface area (Å²) in [6.45, 7) is 16.3. The first-order valence-corrected chi connectivity index (χ1v) is 5.82. The molecule has 16 heavy (non-hydrogen) atoms. The summed E-state index contributed by atoms with van der Waals surface area (Å²) in [5.41, 5.74) is -0.304. The zero-order valence-corrected chi connectivity index (χ0v) is 11.8. The van der Waals surface area contributed by atoms with Crippen molar-refractivity contribution in [3.8, 4) is 0 Å². The van der Waals surface area contributed by atoms with Crippen LogP contribution in [0, 0.1) is 12.3 Å². The fraction of sp³-hybridized carbons (Fsp3) is 0.846. The Bertz CT molecular complexity index is 405. The lowest BCUT2D eigenvalue weighted by atomic mass is 9.87. The first-order chi connectivity index (χ1) is 7.37. The van der Waals surface area contributed by atoms with Crippen molar-refractivity contribution in [1.29, 1.82) is 0 Å². The summed E-state index contributed by atoms with van der Waals surface area (Å²) >= 11 is 0. The van der Waals surface area contributed by atoms with Gasteiger partial charge in [0.1, 0.15) is 11.6 Å². The van der Waals surface area contributed by atoms with Crippen LogP contribution in [0.2, 0.25) is 0 Å². The maximum absolute atomic E-state index is 8.61. The minimum Gasteiger partial charge on any atom is -0.246 e. The summed E-state index contributed by atoms with van der Waals surface area (Å²) < 4.78 is 10.4. The fourth-order valence-corrected chi connectivity index (χ4v) is 1.45. The molecule has 0 radical (unpaired) electrons. The molecule has 1 rings (SSSR count). The first-order valence-electron chi connectivity index (χ1n) is 6.32. The minimum absolute atomic E-state index is 0.102. The van der Waals surface area contributed by atoms with Crippen molar-refractivity contribution >= 4 is 0 Å². The van der Waals surface area contributed by atoms with Crippen LogP contribution in [0.5, 0.6) is 0 Å². The molecule has 0 saturated carbocycles. The predicted octanol–water partition coefficient (Wildman–Crippen LogP) is 3.49. The van der Waals surface area contributed by atoms with E-state index in [9.17, 15) is 0 Å². The summed E-state index contributed by atoms with van der Waals surface area (Å²) in [5, 5.41) is 4.43. The molecule has 1 heterocycles. The van der Waals surface area contributed by atoms with Crippen LogP contribution in [0.25, 0.3) is 0 Å². The molecule has 0 aliphatic rings. The Morgan fingerprint density at radius 3 is 2.06 bits per heavy atom. The Hall–Kier alpha value is -0.860. The molecule has 0 bridgehead atoms. The summed E-state index contributed by atoms with van der Waals surface area (Å²) in [5.74, 6) is 1.61. The van der Waals surface area contributed by atoms with E-state index in [4.69, 9.17) is 1.37 Å². The van der Waals surface area contributed by atoms with Gasteiger partial charge in [0.2, 0.25) is 0 Å². The van der Waals surface area contributed by atoms with Crippen LogP contribution in [0.1, 0.15) is 67.5 Å². The zero-order valence-electron chi connectivity index (χ0n) is 12.8. The first kappa shape index (κ1) is 11.6. The average molecular weight is 224 g/mol. The number of aromatic nitrogens is 3. The SMILES string of the molecule is [2H]C(C)(n1nc(C)nc1C(C)(C)C)C(C)(C)C. The quantitative estimate of drug-likeness (QED) is 0.731. The van der Waals surface area contributed by atoms with Gasteiger partial charge >= 0.3 is 0 Å². The summed E-state index contributed by atoms with van der Waals surface area (Å²) in [6.07, 6.45) is 0. The van der Waals surface area contributed by atoms with E-state index in [2.05, 4.69) is 51.6 Å². The molecular weight excluding hydrogens is 198 g/mol. The highest BCUT2D eigenvalue weighted by Crippen LogP contribution is 2.32. The largest absolute Gasteiger partial charge is 0.246 e. The van der Waals surface area contributed by atoms with E-state index in [1.807, 2.05) is 13.8 Å². The van der Waals surface area contributed by atoms with Crippen molar-refractivity contribution < 1.29 is 1.37 Å². The summed E-state index contributed by atoms with van der Waals surface area (Å²) in [6, 6.07) is -0.809. The summed E-state index contributed by atoms with van der Waals surface area (Å²) in [4.78, 5) is 4.49. The van der Waals surface area contributed by atoms with E-state index < -0.39 is 6.02 Å². The van der Waals surface area contributed by atoms with Gasteiger partial charge in [-0.05, 0) is 19.3 Å². The topological polar surface area (TPSA) is 30.7 Å². The molecule has 3 nitrogen and oxygen atoms in total. The number of nitrogens with zero attached hydrogens (tertiary/aromatic N) is 3. The van der Waals surface area contributed by atoms with E-state index in [-0.39, 0.29) is 10.8 Å². The molecule has 3 heteroatoms. The summed E-state index contributed by atoms with van der Waals surface area (Å²) in [7, 11) is 0. The molecule has 0 spiro atoms. The molecule has 0 N–H and O–H groups in total. The third kappa shape index (κ3) is 2.63. The molecule has 1 aromatic heterocycles. The predicted molar refractivity (Wildman–Crippen MR) is 67.6 cm³/mol. The third-order valence-electron chi connectivity index (χ3n) is 2.79. The lowest BCUT2D eigenvalue weighted by Crippen LogP contribution is -2.28. The minimum atomic E-state index is -0.809. The maximum atomic E-state index is 8.61. The Morgan fingerprint density at radius 2 is 1.69 bits per heavy atom. The van der Waals surface area contributed by atoms with Crippen molar-refractivity contribution in [1.82, 2.24) is 14.8 Å². The monoisotopic (exact) mass is 224 g/mol. The molecule has 0 saturated heterocycles. The highest BCUT2D eigenvalue weighted by atomic mass is 15.4. The van der Waals surface area contributed by atoms with Crippen molar-refractivity contribution in [2.75, 3.05) is 0 Å². The van der Waals surface area contributed by atoms with Crippen molar-refractivity contribution in [2.45, 2.75) is 66.8 Å². The second-order valence-electron chi connectivity index (χ2n) is 6.48. The lowest BCUT2D eigenvalue weighted by Gasteiger charge is -2.30. The van der Waals surface area contributed by atoms with Crippen LogP contribution in [0.4, 0.5) is 0 Å². The van der Waals surface area contributed by atoms with Gasteiger partial charge < -0.3 is 0 Å². The second kappa shape index (κ2) is 3.86. The number of aryl methyl sites for hydroxylation is 1. The number of hydrogen-bond acceptors (Lipinski definition) is 2. The van der Waals surface area contributed by atoms with Gasteiger partial charge in [0, 0.05) is 5.41 Å². The molecule has 1 unspecified atom stereocenters. The van der Waals surface area contributed by atoms with Gasteiger partial charge in [-0.15, -0.1) is 0 Å². The van der Waals surface area contributed by atoms with E-state index in [1.165, 1.54) is 0 Å². The van der Waals surface area contributed by atoms with E-state index in [0.717, 1.165) is 11.6 Å². The second-order valence-corrected chi connectivity index (χ2v) is 6.48. The molecule has 0 aliphatic carbocycles. The van der Waals surface area contributed by atoms with Gasteiger partial charge in [-0.2, -0.15) is 5.10 Å². The van der Waals surface area contributed by atoms with Crippen LogP contribution < -0.4 is 0 Å². The van der Waals surface area contributed by atoms with Gasteiger partial charge in [-0.3, -0.25) is 0 Å². The zero-order chi connectivity index (χ0) is 13.6. The van der Waals surface area contributed by atoms with Gasteiger partial charge in [0.25, 0.3) is 0 Å². The Labute approximate surface area is 101 Å². The Balaban J connectivity index is 3.42. The lowest BCUT2D eigenvalue weighted by molar-refractivity contribution is 0.231. The molecule has 0 aromatic carbocycles. The van der Waals surface area contributed by atoms with Crippen LogP contribution in [-0.4, -0.2) is 14.8 Å². The smallest absolute Gasteiger partial charge is 0.147 e. The molecular formula is C13H25N3. The van der Waals surface area contributed by atoms with E-state index in [0.29, 0.717) is 0 Å². The highest BCUT2D eigenvalue weighted by Gasteiger charge is 2.29. The van der Waals surface area contributed by atoms with Crippen molar-refractivity contribution in [2.24, 2.45) is 5.41 Å². The fourth-order valence-electron chi connectivity index (χ4n) is 1.45. The molecule has 92 valence electrons. The Morgan fingerprint density at radius 1 is 1.19 bits per heavy atom. The van der Waals surface area contributed by atoms with Crippen LogP contribution in [0.15, 0.2) is 0 Å². The van der Waals surface area contributed by atoms with Gasteiger partial charge in [-0.1, -0.05) is 41.5 Å². The molecule has 1 atom stereocenters. The van der Waals surface area contributed by atoms with E-state index in [1.54, 1.807) is 4.68 Å². The standard InChI is InChI=1S/C13H25N3/c1-9(12(3,4)5)16-11(13(6,7)8)14-10(2)15-16/h9H,1-8H3/i9D. The third-order valence-corrected chi connectivity index (χ3v) is 2.79. The highest BCUT2D eigenvalue weighted by molar-refractivity contribution is 5.05. The molecule has 0 fully saturated rings. The number of hydrogen-bond donors (Lipinski definition) is 0. The van der Waals surface area contributed by atoms with Crippen LogP contribution in [0.3, 0.4) is 0 Å². The maximum Gasteiger partial charge on any atom is 0.147 e. The Kier molecular flexibility index (Phi) is 2.81. The van der Waals surface area contributed by atoms with Crippen LogP contribution in [-0.2, 0) is 5.41 Å². The molecule has 0 amide bonds. The van der Waals surface area contributed by atoms with Gasteiger partial charge in [-0.25, -0.2) is 9.67 Å². The molecule has 0 aliphatic heterocycles.